The van der Waals surface area contributed by atoms with Gasteiger partial charge in [-0.05, 0) is 25.2 Å². The Bertz CT molecular complexity index is 393. The molecule has 0 amide bonds. The van der Waals surface area contributed by atoms with Crippen LogP contribution in [0.5, 0.6) is 0 Å². The van der Waals surface area contributed by atoms with Crippen molar-refractivity contribution in [1.82, 2.24) is 9.80 Å². The molecule has 0 radical (unpaired) electrons. The van der Waals surface area contributed by atoms with Gasteiger partial charge in [0, 0.05) is 28.9 Å². The van der Waals surface area contributed by atoms with Crippen LogP contribution in [0.3, 0.4) is 0 Å². The monoisotopic (exact) mass is 358 g/mol. The molecule has 0 unspecified atom stereocenters. The van der Waals surface area contributed by atoms with E-state index in [4.69, 9.17) is 4.74 Å². The van der Waals surface area contributed by atoms with Gasteiger partial charge in [0.15, 0.2) is 0 Å². The largest absolute Gasteiger partial charge is 0.378 e. The zero-order valence-corrected chi connectivity index (χ0v) is 12.8. The van der Waals surface area contributed by atoms with Crippen molar-refractivity contribution >= 4 is 22.6 Å². The van der Waals surface area contributed by atoms with Crippen molar-refractivity contribution in [2.75, 3.05) is 26.3 Å². The van der Waals surface area contributed by atoms with Gasteiger partial charge >= 0.3 is 0 Å². The molecule has 0 aromatic heterocycles. The molecule has 3 nitrogen and oxygen atoms in total. The van der Waals surface area contributed by atoms with Gasteiger partial charge in [0.1, 0.15) is 5.82 Å². The van der Waals surface area contributed by atoms with Gasteiger partial charge in [0.2, 0.25) is 0 Å². The maximum atomic E-state index is 5.40. The first-order chi connectivity index (χ1) is 8.72. The summed E-state index contributed by atoms with van der Waals surface area (Å²) >= 11 is 2.41. The number of halogens is 1. The average molecular weight is 358 g/mol. The summed E-state index contributed by atoms with van der Waals surface area (Å²) in [5, 5.41) is 0. The number of morpholine rings is 1. The fourth-order valence-electron chi connectivity index (χ4n) is 2.15. The molecule has 0 N–H and O–H groups in total. The summed E-state index contributed by atoms with van der Waals surface area (Å²) in [6.07, 6.45) is 10.5. The molecule has 0 aromatic rings. The first-order valence-electron chi connectivity index (χ1n) is 6.21. The van der Waals surface area contributed by atoms with Crippen molar-refractivity contribution in [1.29, 1.82) is 0 Å². The summed E-state index contributed by atoms with van der Waals surface area (Å²) in [6.45, 7) is 9.59. The van der Waals surface area contributed by atoms with E-state index in [0.717, 1.165) is 26.3 Å². The predicted octanol–water partition coefficient (Wildman–Crippen LogP) is 2.88. The third kappa shape index (κ3) is 3.17. The molecule has 98 valence electrons. The molecular formula is C14H19IN2O. The van der Waals surface area contributed by atoms with Crippen LogP contribution < -0.4 is 0 Å². The van der Waals surface area contributed by atoms with E-state index >= 15 is 0 Å². The lowest BCUT2D eigenvalue weighted by atomic mass is 10.2. The Morgan fingerprint density at radius 2 is 2.17 bits per heavy atom. The zero-order chi connectivity index (χ0) is 13.0. The van der Waals surface area contributed by atoms with Crippen molar-refractivity contribution in [3.05, 3.63) is 48.6 Å². The summed E-state index contributed by atoms with van der Waals surface area (Å²) in [5.41, 5.74) is 1.19. The maximum absolute atomic E-state index is 5.40. The molecule has 2 rings (SSSR count). The molecule has 0 aromatic carbocycles. The molecule has 0 spiro atoms. The molecule has 2 aliphatic rings. The van der Waals surface area contributed by atoms with Gasteiger partial charge in [-0.3, -0.25) is 0 Å². The minimum atomic E-state index is 0.494. The molecule has 1 atom stereocenters. The highest BCUT2D eigenvalue weighted by Gasteiger charge is 2.20. The van der Waals surface area contributed by atoms with Crippen LogP contribution in [-0.2, 0) is 4.74 Å². The highest BCUT2D eigenvalue weighted by molar-refractivity contribution is 14.1. The van der Waals surface area contributed by atoms with E-state index < -0.39 is 0 Å². The van der Waals surface area contributed by atoms with Gasteiger partial charge in [-0.1, -0.05) is 35.2 Å². The van der Waals surface area contributed by atoms with E-state index in [1.807, 2.05) is 6.20 Å². The highest BCUT2D eigenvalue weighted by Crippen LogP contribution is 2.24. The summed E-state index contributed by atoms with van der Waals surface area (Å²) in [4.78, 5) is 4.50. The van der Waals surface area contributed by atoms with Crippen molar-refractivity contribution in [3.8, 4) is 0 Å². The molecular weight excluding hydrogens is 339 g/mol. The van der Waals surface area contributed by atoms with Crippen molar-refractivity contribution in [3.63, 3.8) is 0 Å². The Morgan fingerprint density at radius 3 is 2.78 bits per heavy atom. The third-order valence-electron chi connectivity index (χ3n) is 2.96. The van der Waals surface area contributed by atoms with Gasteiger partial charge in [0.25, 0.3) is 0 Å². The number of hydrogen-bond acceptors (Lipinski definition) is 3. The van der Waals surface area contributed by atoms with Gasteiger partial charge in [-0.2, -0.15) is 0 Å². The molecule has 2 aliphatic heterocycles. The molecule has 4 heteroatoms. The van der Waals surface area contributed by atoms with Crippen LogP contribution in [0.1, 0.15) is 6.92 Å². The smallest absolute Gasteiger partial charge is 0.113 e. The lowest BCUT2D eigenvalue weighted by Crippen LogP contribution is -2.40. The highest BCUT2D eigenvalue weighted by atomic mass is 127. The Kier molecular flexibility index (Phi) is 4.88. The summed E-state index contributed by atoms with van der Waals surface area (Å²) in [6, 6.07) is 0. The van der Waals surface area contributed by atoms with Gasteiger partial charge in [-0.25, -0.2) is 0 Å². The van der Waals surface area contributed by atoms with Crippen molar-refractivity contribution in [2.24, 2.45) is 0 Å². The first kappa shape index (κ1) is 13.7. The predicted molar refractivity (Wildman–Crippen MR) is 83.2 cm³/mol. The Hall–Kier alpha value is -0.750. The third-order valence-corrected chi connectivity index (χ3v) is 3.31. The normalized spacial score (nSPS) is 24.1. The Labute approximate surface area is 123 Å². The van der Waals surface area contributed by atoms with E-state index in [2.05, 4.69) is 70.2 Å². The average Bonchev–Trinajstić information content (AvgIpc) is 2.39. The topological polar surface area (TPSA) is 15.7 Å². The van der Waals surface area contributed by atoms with Crippen LogP contribution in [0, 0.1) is 0 Å². The maximum Gasteiger partial charge on any atom is 0.113 e. The van der Waals surface area contributed by atoms with Gasteiger partial charge in [-0.15, -0.1) is 0 Å². The lowest BCUT2D eigenvalue weighted by Gasteiger charge is -2.38. The molecule has 1 fully saturated rings. The molecule has 0 aliphatic carbocycles. The fraction of sp³-hybridized carbons (Fsp3) is 0.429. The quantitative estimate of drug-likeness (QED) is 0.570. The fourth-order valence-corrected chi connectivity index (χ4v) is 2.51. The second kappa shape index (κ2) is 6.43. The molecule has 0 bridgehead atoms. The molecule has 2 heterocycles. The van der Waals surface area contributed by atoms with E-state index in [1.165, 1.54) is 11.5 Å². The van der Waals surface area contributed by atoms with Crippen molar-refractivity contribution < 1.29 is 4.74 Å². The lowest BCUT2D eigenvalue weighted by molar-refractivity contribution is 0.0443. The first-order valence-corrected chi connectivity index (χ1v) is 7.45. The minimum absolute atomic E-state index is 0.494. The van der Waals surface area contributed by atoms with Crippen LogP contribution in [0.25, 0.3) is 0 Å². The number of ether oxygens (including phenoxy) is 1. The van der Waals surface area contributed by atoms with Crippen LogP contribution in [0.15, 0.2) is 48.6 Å². The standard InChI is InChI=1S/C14H19IN2O/c1-3-17-13(11-12(2)15)5-4-6-14(17)16-7-9-18-10-8-16/h3-6,11-12H,1,7-10H2,2H3/b13-11-/t12-/m1/s1. The minimum Gasteiger partial charge on any atom is -0.378 e. The van der Waals surface area contributed by atoms with E-state index in [9.17, 15) is 0 Å². The SMILES string of the molecule is C=CN1C(N2CCOCC2)=CC=C/C1=C/[C@@H](C)I. The van der Waals surface area contributed by atoms with Gasteiger partial charge < -0.3 is 14.5 Å². The van der Waals surface area contributed by atoms with Gasteiger partial charge in [0.05, 0.1) is 13.2 Å². The van der Waals surface area contributed by atoms with Crippen LogP contribution in [-0.4, -0.2) is 40.0 Å². The van der Waals surface area contributed by atoms with Crippen LogP contribution in [0.2, 0.25) is 0 Å². The number of nitrogens with zero attached hydrogens (tertiary/aromatic N) is 2. The van der Waals surface area contributed by atoms with Crippen molar-refractivity contribution in [2.45, 2.75) is 10.8 Å². The van der Waals surface area contributed by atoms with Crippen LogP contribution >= 0.6 is 22.6 Å². The summed E-state index contributed by atoms with van der Waals surface area (Å²) in [5.74, 6) is 1.19. The Morgan fingerprint density at radius 1 is 1.44 bits per heavy atom. The zero-order valence-electron chi connectivity index (χ0n) is 10.7. The molecule has 1 saturated heterocycles. The van der Waals surface area contributed by atoms with E-state index in [1.54, 1.807) is 0 Å². The summed E-state index contributed by atoms with van der Waals surface area (Å²) < 4.78 is 5.90. The summed E-state index contributed by atoms with van der Waals surface area (Å²) in [7, 11) is 0. The molecule has 0 saturated carbocycles. The second-order valence-electron chi connectivity index (χ2n) is 4.31. The van der Waals surface area contributed by atoms with E-state index in [0.29, 0.717) is 3.92 Å². The number of hydrogen-bond donors (Lipinski definition) is 0. The Balaban J connectivity index is 2.21. The molecule has 18 heavy (non-hydrogen) atoms. The van der Waals surface area contributed by atoms with E-state index in [-0.39, 0.29) is 0 Å². The number of allylic oxidation sites excluding steroid dienone is 4. The van der Waals surface area contributed by atoms with Crippen LogP contribution in [0.4, 0.5) is 0 Å². The number of rotatable bonds is 3. The number of alkyl halides is 1. The second-order valence-corrected chi connectivity index (χ2v) is 6.27.